The number of rotatable bonds is 2. The molecule has 1 amide bonds. The summed E-state index contributed by atoms with van der Waals surface area (Å²) in [6, 6.07) is 4.30. The molecule has 7 nitrogen and oxygen atoms in total. The first-order valence-electron chi connectivity index (χ1n) is 11.0. The van der Waals surface area contributed by atoms with Gasteiger partial charge in [-0.25, -0.2) is 9.48 Å². The molecule has 2 aliphatic heterocycles. The van der Waals surface area contributed by atoms with Gasteiger partial charge in [0, 0.05) is 24.5 Å². The number of aliphatic hydroxyl groups excluding tert-OH is 1. The second-order valence-corrected chi connectivity index (χ2v) is 9.57. The van der Waals surface area contributed by atoms with Gasteiger partial charge in [0.25, 0.3) is 0 Å². The van der Waals surface area contributed by atoms with E-state index in [0.717, 1.165) is 47.9 Å². The molecule has 1 aromatic carbocycles. The molecule has 2 fully saturated rings. The van der Waals surface area contributed by atoms with Crippen molar-refractivity contribution in [2.24, 2.45) is 0 Å². The van der Waals surface area contributed by atoms with Crippen molar-refractivity contribution in [1.82, 2.24) is 14.7 Å². The number of ether oxygens (including phenoxy) is 2. The number of piperidine rings is 1. The number of amides is 1. The Morgan fingerprint density at radius 1 is 1.27 bits per heavy atom. The molecule has 3 heterocycles. The number of hydrogen-bond donors (Lipinski definition) is 1. The zero-order valence-electron chi connectivity index (χ0n) is 18.4. The number of β-amino-alcohol motifs (C(OH)–C–C–N with tert-alkyl or cyclic N) is 1. The summed E-state index contributed by atoms with van der Waals surface area (Å²) in [4.78, 5) is 14.0. The van der Waals surface area contributed by atoms with E-state index in [1.54, 1.807) is 4.90 Å². The Morgan fingerprint density at radius 3 is 2.73 bits per heavy atom. The van der Waals surface area contributed by atoms with Crippen LogP contribution in [0, 0.1) is 6.92 Å². The van der Waals surface area contributed by atoms with Crippen molar-refractivity contribution in [2.45, 2.75) is 77.2 Å². The van der Waals surface area contributed by atoms with E-state index in [2.05, 4.69) is 24.2 Å². The van der Waals surface area contributed by atoms with Gasteiger partial charge in [-0.3, -0.25) is 0 Å². The Hall–Kier alpha value is -2.12. The van der Waals surface area contributed by atoms with Crippen LogP contribution in [0.1, 0.15) is 69.7 Å². The maximum Gasteiger partial charge on any atom is 0.410 e. The molecule has 1 aromatic heterocycles. The van der Waals surface area contributed by atoms with Crippen LogP contribution < -0.4 is 0 Å². The minimum absolute atomic E-state index is 0.0225. The summed E-state index contributed by atoms with van der Waals surface area (Å²) >= 11 is 0. The van der Waals surface area contributed by atoms with Crippen molar-refractivity contribution >= 4 is 17.0 Å². The molecule has 2 aliphatic rings. The minimum Gasteiger partial charge on any atom is -0.444 e. The van der Waals surface area contributed by atoms with Crippen molar-refractivity contribution in [1.29, 1.82) is 0 Å². The smallest absolute Gasteiger partial charge is 0.410 e. The van der Waals surface area contributed by atoms with Gasteiger partial charge in [0.15, 0.2) is 6.23 Å². The lowest BCUT2D eigenvalue weighted by molar-refractivity contribution is -0.0367. The zero-order valence-corrected chi connectivity index (χ0v) is 18.4. The number of fused-ring (bicyclic) bond motifs is 1. The van der Waals surface area contributed by atoms with E-state index in [4.69, 9.17) is 9.47 Å². The summed E-state index contributed by atoms with van der Waals surface area (Å²) in [5.41, 5.74) is 2.77. The molecule has 2 aromatic rings. The topological polar surface area (TPSA) is 76.8 Å². The van der Waals surface area contributed by atoms with E-state index < -0.39 is 11.7 Å². The first-order chi connectivity index (χ1) is 14.2. The van der Waals surface area contributed by atoms with Gasteiger partial charge in [-0.1, -0.05) is 0 Å². The van der Waals surface area contributed by atoms with Crippen LogP contribution in [0.4, 0.5) is 4.79 Å². The lowest BCUT2D eigenvalue weighted by Crippen LogP contribution is -2.47. The van der Waals surface area contributed by atoms with Gasteiger partial charge < -0.3 is 19.5 Å². The molecule has 1 N–H and O–H groups in total. The van der Waals surface area contributed by atoms with E-state index >= 15 is 0 Å². The maximum absolute atomic E-state index is 12.4. The number of benzene rings is 1. The number of aliphatic hydroxyl groups is 1. The fourth-order valence-electron chi connectivity index (χ4n) is 4.56. The summed E-state index contributed by atoms with van der Waals surface area (Å²) in [6.45, 7) is 9.26. The molecule has 4 rings (SSSR count). The number of carbonyl (C=O) groups is 1. The third kappa shape index (κ3) is 4.32. The quantitative estimate of drug-likeness (QED) is 0.798. The number of carbonyl (C=O) groups excluding carboxylic acids is 1. The molecule has 0 bridgehead atoms. The van der Waals surface area contributed by atoms with Gasteiger partial charge in [-0.05, 0) is 76.6 Å². The van der Waals surface area contributed by atoms with Crippen LogP contribution in [0.2, 0.25) is 0 Å². The van der Waals surface area contributed by atoms with Gasteiger partial charge in [-0.2, -0.15) is 5.10 Å². The normalized spacial score (nSPS) is 25.5. The fraction of sp³-hybridized carbons (Fsp3) is 0.652. The van der Waals surface area contributed by atoms with Gasteiger partial charge >= 0.3 is 6.09 Å². The molecule has 30 heavy (non-hydrogen) atoms. The Labute approximate surface area is 177 Å². The molecule has 0 saturated carbocycles. The number of hydrogen-bond acceptors (Lipinski definition) is 5. The summed E-state index contributed by atoms with van der Waals surface area (Å²) in [6.07, 6.45) is 4.79. The maximum atomic E-state index is 12.4. The molecular formula is C23H33N3O4. The minimum atomic E-state index is -0.635. The molecule has 3 atom stereocenters. The molecule has 164 valence electrons. The molecule has 0 aliphatic carbocycles. The van der Waals surface area contributed by atoms with Crippen LogP contribution in [0.5, 0.6) is 0 Å². The van der Waals surface area contributed by atoms with E-state index in [1.807, 2.05) is 31.6 Å². The van der Waals surface area contributed by atoms with E-state index in [-0.39, 0.29) is 24.8 Å². The van der Waals surface area contributed by atoms with Crippen LogP contribution in [0.3, 0.4) is 0 Å². The summed E-state index contributed by atoms with van der Waals surface area (Å²) in [5.74, 6) is -0.0243. The highest BCUT2D eigenvalue weighted by Crippen LogP contribution is 2.35. The average molecular weight is 416 g/mol. The summed E-state index contributed by atoms with van der Waals surface area (Å²) in [5, 5.41) is 16.6. The lowest BCUT2D eigenvalue weighted by Gasteiger charge is -2.37. The molecule has 0 radical (unpaired) electrons. The predicted molar refractivity (Wildman–Crippen MR) is 114 cm³/mol. The van der Waals surface area contributed by atoms with Crippen LogP contribution in [-0.4, -0.2) is 57.3 Å². The second kappa shape index (κ2) is 8.19. The van der Waals surface area contributed by atoms with E-state index in [9.17, 15) is 9.90 Å². The molecule has 1 unspecified atom stereocenters. The second-order valence-electron chi connectivity index (χ2n) is 9.57. The van der Waals surface area contributed by atoms with Crippen molar-refractivity contribution in [3.63, 3.8) is 0 Å². The van der Waals surface area contributed by atoms with Crippen molar-refractivity contribution in [3.8, 4) is 0 Å². The fourth-order valence-corrected chi connectivity index (χ4v) is 4.56. The highest BCUT2D eigenvalue weighted by Gasteiger charge is 2.34. The van der Waals surface area contributed by atoms with Crippen LogP contribution >= 0.6 is 0 Å². The number of nitrogens with zero attached hydrogens (tertiary/aromatic N) is 3. The monoisotopic (exact) mass is 415 g/mol. The molecule has 0 spiro atoms. The van der Waals surface area contributed by atoms with Gasteiger partial charge in [0.1, 0.15) is 5.60 Å². The number of aromatic nitrogens is 2. The van der Waals surface area contributed by atoms with Gasteiger partial charge in [0.05, 0.1) is 24.4 Å². The summed E-state index contributed by atoms with van der Waals surface area (Å²) < 4.78 is 13.4. The molecule has 7 heteroatoms. The highest BCUT2D eigenvalue weighted by atomic mass is 16.6. The van der Waals surface area contributed by atoms with E-state index in [0.29, 0.717) is 13.0 Å². The number of likely N-dealkylation sites (tertiary alicyclic amines) is 1. The van der Waals surface area contributed by atoms with Crippen LogP contribution in [-0.2, 0) is 9.47 Å². The third-order valence-corrected chi connectivity index (χ3v) is 6.04. The van der Waals surface area contributed by atoms with Crippen LogP contribution in [0.25, 0.3) is 10.9 Å². The van der Waals surface area contributed by atoms with Crippen LogP contribution in [0.15, 0.2) is 18.3 Å². The Morgan fingerprint density at radius 2 is 2.07 bits per heavy atom. The average Bonchev–Trinajstić information content (AvgIpc) is 3.09. The zero-order chi connectivity index (χ0) is 21.5. The Balaban J connectivity index is 1.55. The third-order valence-electron chi connectivity index (χ3n) is 6.04. The first kappa shape index (κ1) is 21.1. The molecule has 2 saturated heterocycles. The largest absolute Gasteiger partial charge is 0.444 e. The van der Waals surface area contributed by atoms with Crippen molar-refractivity contribution < 1.29 is 19.4 Å². The SMILES string of the molecule is Cc1cc2cnn(C3CCCCO3)c2cc1[C@H]1CCN(C(=O)OC(C)(C)C)C[C@H]1O. The predicted octanol–water partition coefficient (Wildman–Crippen LogP) is 4.13. The summed E-state index contributed by atoms with van der Waals surface area (Å²) in [7, 11) is 0. The first-order valence-corrected chi connectivity index (χ1v) is 11.0. The van der Waals surface area contributed by atoms with Gasteiger partial charge in [0.2, 0.25) is 0 Å². The Bertz CT molecular complexity index is 911. The van der Waals surface area contributed by atoms with Crippen molar-refractivity contribution in [3.05, 3.63) is 29.5 Å². The van der Waals surface area contributed by atoms with Gasteiger partial charge in [-0.15, -0.1) is 0 Å². The highest BCUT2D eigenvalue weighted by molar-refractivity contribution is 5.81. The van der Waals surface area contributed by atoms with E-state index in [1.165, 1.54) is 0 Å². The molecular weight excluding hydrogens is 382 g/mol. The lowest BCUT2D eigenvalue weighted by atomic mass is 9.84. The number of aryl methyl sites for hydroxylation is 1. The standard InChI is InChI=1S/C23H33N3O4/c1-15-11-16-13-24-26(21-7-5-6-10-29-21)19(16)12-18(15)17-8-9-25(14-20(17)27)22(28)30-23(2,3)4/h11-13,17,20-21,27H,5-10,14H2,1-4H3/t17-,20-,21?/m1/s1. The van der Waals surface area contributed by atoms with Crippen molar-refractivity contribution in [2.75, 3.05) is 19.7 Å². The Kier molecular flexibility index (Phi) is 5.77.